The summed E-state index contributed by atoms with van der Waals surface area (Å²) in [6.45, 7) is 5.87. The molecule has 2 unspecified atom stereocenters. The minimum Gasteiger partial charge on any atom is -0.465 e. The molecule has 0 aliphatic carbocycles. The van der Waals surface area contributed by atoms with Gasteiger partial charge in [0.25, 0.3) is 0 Å². The lowest BCUT2D eigenvalue weighted by molar-refractivity contribution is -0.146. The average Bonchev–Trinajstić information content (AvgIpc) is 2.60. The molecule has 1 saturated heterocycles. The topological polar surface area (TPSA) is 52.6 Å². The van der Waals surface area contributed by atoms with Crippen molar-refractivity contribution >= 4 is 11.9 Å². The van der Waals surface area contributed by atoms with Crippen molar-refractivity contribution in [2.45, 2.75) is 13.3 Å². The van der Waals surface area contributed by atoms with Crippen molar-refractivity contribution in [2.75, 3.05) is 13.2 Å². The molecule has 1 heterocycles. The van der Waals surface area contributed by atoms with Crippen molar-refractivity contribution in [3.05, 3.63) is 12.7 Å². The van der Waals surface area contributed by atoms with Crippen molar-refractivity contribution in [3.8, 4) is 0 Å². The smallest absolute Gasteiger partial charge is 0.330 e. The van der Waals surface area contributed by atoms with Gasteiger partial charge in [-0.1, -0.05) is 13.5 Å². The first-order valence-electron chi connectivity index (χ1n) is 4.61. The summed E-state index contributed by atoms with van der Waals surface area (Å²) in [6.07, 6.45) is 1.82. The van der Waals surface area contributed by atoms with Gasteiger partial charge in [0, 0.05) is 12.0 Å². The largest absolute Gasteiger partial charge is 0.465 e. The molecule has 2 atom stereocenters. The quantitative estimate of drug-likeness (QED) is 0.497. The normalized spacial score (nSPS) is 22.6. The van der Waals surface area contributed by atoms with E-state index in [1.165, 1.54) is 0 Å². The molecule has 0 aromatic rings. The van der Waals surface area contributed by atoms with E-state index in [4.69, 9.17) is 9.47 Å². The maximum absolute atomic E-state index is 11.1. The molecule has 0 bridgehead atoms. The Morgan fingerprint density at radius 3 is 3.07 bits per heavy atom. The van der Waals surface area contributed by atoms with E-state index >= 15 is 0 Å². The van der Waals surface area contributed by atoms with Crippen molar-refractivity contribution < 1.29 is 19.1 Å². The van der Waals surface area contributed by atoms with Gasteiger partial charge in [0.05, 0.1) is 19.1 Å². The number of carbonyl (C=O) groups is 2. The molecular weight excluding hydrogens is 184 g/mol. The Balaban J connectivity index is 2.34. The van der Waals surface area contributed by atoms with E-state index in [0.717, 1.165) is 6.08 Å². The predicted octanol–water partition coefficient (Wildman–Crippen LogP) is 0.915. The SMILES string of the molecule is C=CC(=O)OCC(C)C1CCOC1=O. The van der Waals surface area contributed by atoms with Crippen LogP contribution < -0.4 is 0 Å². The van der Waals surface area contributed by atoms with Crippen LogP contribution in [0.4, 0.5) is 0 Å². The minimum atomic E-state index is -0.455. The summed E-state index contributed by atoms with van der Waals surface area (Å²) in [6, 6.07) is 0. The van der Waals surface area contributed by atoms with E-state index in [2.05, 4.69) is 6.58 Å². The number of carbonyl (C=O) groups excluding carboxylic acids is 2. The number of rotatable bonds is 4. The number of cyclic esters (lactones) is 1. The molecule has 1 aliphatic rings. The molecule has 0 aromatic carbocycles. The molecule has 0 spiro atoms. The summed E-state index contributed by atoms with van der Waals surface area (Å²) in [7, 11) is 0. The van der Waals surface area contributed by atoms with Crippen molar-refractivity contribution in [1.29, 1.82) is 0 Å². The Hall–Kier alpha value is -1.32. The standard InChI is InChI=1S/C10H14O4/c1-3-9(11)14-6-7(2)8-4-5-13-10(8)12/h3,7-8H,1,4-6H2,2H3. The first kappa shape index (κ1) is 10.8. The molecule has 14 heavy (non-hydrogen) atoms. The maximum Gasteiger partial charge on any atom is 0.330 e. The Morgan fingerprint density at radius 1 is 1.86 bits per heavy atom. The van der Waals surface area contributed by atoms with E-state index in [9.17, 15) is 9.59 Å². The van der Waals surface area contributed by atoms with Crippen LogP contribution in [0.1, 0.15) is 13.3 Å². The van der Waals surface area contributed by atoms with Gasteiger partial charge in [-0.3, -0.25) is 4.79 Å². The molecule has 4 nitrogen and oxygen atoms in total. The maximum atomic E-state index is 11.1. The van der Waals surface area contributed by atoms with Crippen LogP contribution >= 0.6 is 0 Å². The Bertz CT molecular complexity index is 247. The molecular formula is C10H14O4. The van der Waals surface area contributed by atoms with Crippen LogP contribution in [0, 0.1) is 11.8 Å². The minimum absolute atomic E-state index is 0.00824. The zero-order valence-corrected chi connectivity index (χ0v) is 8.19. The second-order valence-electron chi connectivity index (χ2n) is 3.37. The second kappa shape index (κ2) is 4.79. The van der Waals surface area contributed by atoms with Gasteiger partial charge in [-0.25, -0.2) is 4.79 Å². The molecule has 0 N–H and O–H groups in total. The van der Waals surface area contributed by atoms with Gasteiger partial charge in [-0.15, -0.1) is 0 Å². The van der Waals surface area contributed by atoms with Gasteiger partial charge in [0.1, 0.15) is 0 Å². The molecule has 0 aromatic heterocycles. The third kappa shape index (κ3) is 2.58. The van der Waals surface area contributed by atoms with Crippen LogP contribution in [0.2, 0.25) is 0 Å². The highest BCUT2D eigenvalue weighted by molar-refractivity contribution is 5.81. The first-order valence-corrected chi connectivity index (χ1v) is 4.61. The van der Waals surface area contributed by atoms with Crippen LogP contribution in [0.3, 0.4) is 0 Å². The van der Waals surface area contributed by atoms with E-state index in [1.54, 1.807) is 0 Å². The van der Waals surface area contributed by atoms with E-state index in [0.29, 0.717) is 13.0 Å². The monoisotopic (exact) mass is 198 g/mol. The summed E-state index contributed by atoms with van der Waals surface area (Å²) >= 11 is 0. The van der Waals surface area contributed by atoms with Gasteiger partial charge in [-0.2, -0.15) is 0 Å². The van der Waals surface area contributed by atoms with Crippen LogP contribution in [0.5, 0.6) is 0 Å². The average molecular weight is 198 g/mol. The highest BCUT2D eigenvalue weighted by atomic mass is 16.5. The van der Waals surface area contributed by atoms with Gasteiger partial charge in [0.15, 0.2) is 0 Å². The molecule has 78 valence electrons. The number of hydrogen-bond acceptors (Lipinski definition) is 4. The summed E-state index contributed by atoms with van der Waals surface area (Å²) in [5, 5.41) is 0. The van der Waals surface area contributed by atoms with Gasteiger partial charge in [-0.05, 0) is 6.42 Å². The third-order valence-electron chi connectivity index (χ3n) is 2.32. The lowest BCUT2D eigenvalue weighted by atomic mass is 9.94. The van der Waals surface area contributed by atoms with Gasteiger partial charge >= 0.3 is 11.9 Å². The summed E-state index contributed by atoms with van der Waals surface area (Å²) < 4.78 is 9.67. The fourth-order valence-electron chi connectivity index (χ4n) is 1.42. The van der Waals surface area contributed by atoms with Gasteiger partial charge in [0.2, 0.25) is 0 Å². The lowest BCUT2D eigenvalue weighted by Gasteiger charge is -2.14. The molecule has 0 amide bonds. The summed E-state index contributed by atoms with van der Waals surface area (Å²) in [5.41, 5.74) is 0. The zero-order valence-electron chi connectivity index (χ0n) is 8.19. The zero-order chi connectivity index (χ0) is 10.6. The van der Waals surface area contributed by atoms with Crippen LogP contribution in [0.25, 0.3) is 0 Å². The van der Waals surface area contributed by atoms with Crippen LogP contribution in [-0.4, -0.2) is 25.2 Å². The molecule has 1 rings (SSSR count). The highest BCUT2D eigenvalue weighted by Gasteiger charge is 2.31. The van der Waals surface area contributed by atoms with Crippen molar-refractivity contribution in [1.82, 2.24) is 0 Å². The van der Waals surface area contributed by atoms with Crippen LogP contribution in [-0.2, 0) is 19.1 Å². The van der Waals surface area contributed by atoms with Crippen molar-refractivity contribution in [2.24, 2.45) is 11.8 Å². The van der Waals surface area contributed by atoms with Gasteiger partial charge < -0.3 is 9.47 Å². The van der Waals surface area contributed by atoms with E-state index in [1.807, 2.05) is 6.92 Å². The fraction of sp³-hybridized carbons (Fsp3) is 0.600. The Kier molecular flexibility index (Phi) is 3.68. The number of ether oxygens (including phenoxy) is 2. The van der Waals surface area contributed by atoms with Crippen molar-refractivity contribution in [3.63, 3.8) is 0 Å². The highest BCUT2D eigenvalue weighted by Crippen LogP contribution is 2.23. The fourth-order valence-corrected chi connectivity index (χ4v) is 1.42. The number of esters is 2. The molecule has 0 radical (unpaired) electrons. The molecule has 0 saturated carbocycles. The first-order chi connectivity index (χ1) is 6.65. The van der Waals surface area contributed by atoms with E-state index in [-0.39, 0.29) is 24.4 Å². The molecule has 4 heteroatoms. The van der Waals surface area contributed by atoms with Crippen LogP contribution in [0.15, 0.2) is 12.7 Å². The Morgan fingerprint density at radius 2 is 2.57 bits per heavy atom. The second-order valence-corrected chi connectivity index (χ2v) is 3.37. The lowest BCUT2D eigenvalue weighted by Crippen LogP contribution is -2.22. The third-order valence-corrected chi connectivity index (χ3v) is 2.32. The summed E-state index contributed by atoms with van der Waals surface area (Å²) in [4.78, 5) is 21.9. The molecule has 1 aliphatic heterocycles. The summed E-state index contributed by atoms with van der Waals surface area (Å²) in [5.74, 6) is -0.767. The van der Waals surface area contributed by atoms with E-state index < -0.39 is 5.97 Å². The predicted molar refractivity (Wildman–Crippen MR) is 49.4 cm³/mol. The molecule has 1 fully saturated rings. The Labute approximate surface area is 82.9 Å². The number of hydrogen-bond donors (Lipinski definition) is 0.